The minimum absolute atomic E-state index is 0.255. The van der Waals surface area contributed by atoms with Crippen LogP contribution in [0.5, 0.6) is 0 Å². The first-order chi connectivity index (χ1) is 9.49. The molecule has 1 unspecified atom stereocenters. The number of carbonyl (C=O) groups excluding carboxylic acids is 1. The van der Waals surface area contributed by atoms with Crippen molar-refractivity contribution in [1.29, 1.82) is 0 Å². The molecule has 5 nitrogen and oxygen atoms in total. The Bertz CT molecular complexity index is 452. The molecule has 120 valence electrons. The van der Waals surface area contributed by atoms with E-state index in [-0.39, 0.29) is 25.9 Å². The topological polar surface area (TPSA) is 66.8 Å². The molecule has 0 spiro atoms. The molecule has 2 fully saturated rings. The molecule has 1 aliphatic carbocycles. The third kappa shape index (κ3) is 2.82. The highest BCUT2D eigenvalue weighted by molar-refractivity contribution is 5.81. The normalized spacial score (nSPS) is 29.1. The van der Waals surface area contributed by atoms with Crippen molar-refractivity contribution in [3.8, 4) is 0 Å². The molecule has 2 aliphatic rings. The summed E-state index contributed by atoms with van der Waals surface area (Å²) in [5, 5.41) is 9.13. The monoisotopic (exact) mass is 305 g/mol. The summed E-state index contributed by atoms with van der Waals surface area (Å²) in [7, 11) is 0. The summed E-state index contributed by atoms with van der Waals surface area (Å²) in [6.07, 6.45) is -0.540. The van der Waals surface area contributed by atoms with Gasteiger partial charge >= 0.3 is 12.1 Å². The fourth-order valence-corrected chi connectivity index (χ4v) is 3.04. The van der Waals surface area contributed by atoms with Crippen LogP contribution in [0.4, 0.5) is 13.6 Å². The third-order valence-electron chi connectivity index (χ3n) is 4.25. The van der Waals surface area contributed by atoms with E-state index in [9.17, 15) is 18.4 Å². The molecule has 0 aromatic heterocycles. The van der Waals surface area contributed by atoms with Crippen LogP contribution < -0.4 is 0 Å². The lowest BCUT2D eigenvalue weighted by molar-refractivity contribution is -0.152. The number of piperidine rings is 1. The highest BCUT2D eigenvalue weighted by atomic mass is 19.3. The van der Waals surface area contributed by atoms with E-state index in [0.29, 0.717) is 0 Å². The van der Waals surface area contributed by atoms with Crippen molar-refractivity contribution in [1.82, 2.24) is 4.90 Å². The Balaban J connectivity index is 1.95. The molecular weight excluding hydrogens is 284 g/mol. The second-order valence-corrected chi connectivity index (χ2v) is 6.90. The van der Waals surface area contributed by atoms with E-state index in [1.165, 1.54) is 4.90 Å². The molecule has 0 radical (unpaired) electrons. The SMILES string of the molecule is CC(C)(C)OC(=O)N1CCC(C2(C(=O)O)CC2(F)F)CC1. The number of rotatable bonds is 2. The Hall–Kier alpha value is -1.40. The average molecular weight is 305 g/mol. The molecule has 1 N–H and O–H groups in total. The van der Waals surface area contributed by atoms with Crippen molar-refractivity contribution in [2.24, 2.45) is 11.3 Å². The number of carboxylic acids is 1. The molecule has 2 rings (SSSR count). The molecule has 1 amide bonds. The van der Waals surface area contributed by atoms with Gasteiger partial charge < -0.3 is 14.7 Å². The number of halogens is 2. The molecule has 21 heavy (non-hydrogen) atoms. The largest absolute Gasteiger partial charge is 0.481 e. The molecule has 0 aromatic carbocycles. The van der Waals surface area contributed by atoms with E-state index in [1.54, 1.807) is 20.8 Å². The highest BCUT2D eigenvalue weighted by Crippen LogP contribution is 2.66. The lowest BCUT2D eigenvalue weighted by atomic mass is 9.81. The Morgan fingerprint density at radius 2 is 1.71 bits per heavy atom. The van der Waals surface area contributed by atoms with Gasteiger partial charge in [0.2, 0.25) is 0 Å². The van der Waals surface area contributed by atoms with Gasteiger partial charge in [-0.05, 0) is 39.5 Å². The summed E-state index contributed by atoms with van der Waals surface area (Å²) in [6.45, 7) is 5.76. The summed E-state index contributed by atoms with van der Waals surface area (Å²) < 4.78 is 32.2. The number of carbonyl (C=O) groups is 2. The lowest BCUT2D eigenvalue weighted by Crippen LogP contribution is -2.45. The molecule has 0 bridgehead atoms. The zero-order chi connectivity index (χ0) is 16.1. The number of amides is 1. The minimum Gasteiger partial charge on any atom is -0.481 e. The molecule has 1 atom stereocenters. The molecule has 1 heterocycles. The second kappa shape index (κ2) is 4.81. The number of aliphatic carboxylic acids is 1. The first-order valence-electron chi connectivity index (χ1n) is 7.09. The van der Waals surface area contributed by atoms with E-state index in [2.05, 4.69) is 0 Å². The molecule has 1 saturated carbocycles. The minimum atomic E-state index is -3.13. The number of likely N-dealkylation sites (tertiary alicyclic amines) is 1. The quantitative estimate of drug-likeness (QED) is 0.852. The number of nitrogens with zero attached hydrogens (tertiary/aromatic N) is 1. The number of alkyl halides is 2. The summed E-state index contributed by atoms with van der Waals surface area (Å²) in [6, 6.07) is 0. The maximum atomic E-state index is 13.5. The Morgan fingerprint density at radius 3 is 2.05 bits per heavy atom. The summed E-state index contributed by atoms with van der Waals surface area (Å²) >= 11 is 0. The van der Waals surface area contributed by atoms with E-state index in [0.717, 1.165) is 0 Å². The van der Waals surface area contributed by atoms with E-state index in [4.69, 9.17) is 9.84 Å². The maximum Gasteiger partial charge on any atom is 0.410 e. The van der Waals surface area contributed by atoms with Gasteiger partial charge in [0.05, 0.1) is 0 Å². The van der Waals surface area contributed by atoms with Gasteiger partial charge in [0, 0.05) is 19.5 Å². The van der Waals surface area contributed by atoms with E-state index < -0.39 is 41.3 Å². The van der Waals surface area contributed by atoms with Crippen LogP contribution in [0.3, 0.4) is 0 Å². The van der Waals surface area contributed by atoms with Crippen LogP contribution >= 0.6 is 0 Å². The zero-order valence-electron chi connectivity index (χ0n) is 12.5. The van der Waals surface area contributed by atoms with E-state index in [1.807, 2.05) is 0 Å². The number of ether oxygens (including phenoxy) is 1. The number of carboxylic acid groups (broad SMARTS) is 1. The van der Waals surface area contributed by atoms with Crippen LogP contribution in [0, 0.1) is 11.3 Å². The van der Waals surface area contributed by atoms with Crippen LogP contribution in [-0.2, 0) is 9.53 Å². The average Bonchev–Trinajstić information content (AvgIpc) is 2.92. The number of hydrogen-bond donors (Lipinski definition) is 1. The number of hydrogen-bond acceptors (Lipinski definition) is 3. The fraction of sp³-hybridized carbons (Fsp3) is 0.857. The maximum absolute atomic E-state index is 13.5. The predicted octanol–water partition coefficient (Wildman–Crippen LogP) is 2.74. The highest BCUT2D eigenvalue weighted by Gasteiger charge is 2.79. The molecule has 1 saturated heterocycles. The molecule has 0 aromatic rings. The smallest absolute Gasteiger partial charge is 0.410 e. The Labute approximate surface area is 122 Å². The summed E-state index contributed by atoms with van der Waals surface area (Å²) in [5.41, 5.74) is -2.53. The zero-order valence-corrected chi connectivity index (χ0v) is 12.5. The van der Waals surface area contributed by atoms with Gasteiger partial charge in [-0.3, -0.25) is 4.79 Å². The van der Waals surface area contributed by atoms with Gasteiger partial charge in [0.1, 0.15) is 11.0 Å². The predicted molar refractivity (Wildman–Crippen MR) is 70.2 cm³/mol. The second-order valence-electron chi connectivity index (χ2n) is 6.90. The van der Waals surface area contributed by atoms with Crippen molar-refractivity contribution in [3.63, 3.8) is 0 Å². The first kappa shape index (κ1) is 16.0. The van der Waals surface area contributed by atoms with Gasteiger partial charge in [0.15, 0.2) is 0 Å². The summed E-state index contributed by atoms with van der Waals surface area (Å²) in [5.74, 6) is -5.15. The van der Waals surface area contributed by atoms with Gasteiger partial charge in [-0.25, -0.2) is 13.6 Å². The molecule has 7 heteroatoms. The van der Waals surface area contributed by atoms with Crippen LogP contribution in [-0.4, -0.2) is 46.7 Å². The first-order valence-corrected chi connectivity index (χ1v) is 7.09. The van der Waals surface area contributed by atoms with Crippen LogP contribution in [0.25, 0.3) is 0 Å². The van der Waals surface area contributed by atoms with Gasteiger partial charge in [-0.15, -0.1) is 0 Å². The van der Waals surface area contributed by atoms with Gasteiger partial charge in [0.25, 0.3) is 5.92 Å². The van der Waals surface area contributed by atoms with E-state index >= 15 is 0 Å². The third-order valence-corrected chi connectivity index (χ3v) is 4.25. The standard InChI is InChI=1S/C14H21F2NO4/c1-12(2,3)21-11(20)17-6-4-9(5-7-17)13(10(18)19)8-14(13,15)16/h9H,4-8H2,1-3H3,(H,18,19). The van der Waals surface area contributed by atoms with Crippen molar-refractivity contribution in [2.45, 2.75) is 51.6 Å². The Morgan fingerprint density at radius 1 is 1.24 bits per heavy atom. The lowest BCUT2D eigenvalue weighted by Gasteiger charge is -2.35. The Kier molecular flexibility index (Phi) is 3.66. The molecule has 1 aliphatic heterocycles. The van der Waals surface area contributed by atoms with Crippen LogP contribution in [0.1, 0.15) is 40.0 Å². The van der Waals surface area contributed by atoms with Crippen molar-refractivity contribution in [2.75, 3.05) is 13.1 Å². The van der Waals surface area contributed by atoms with Crippen LogP contribution in [0.15, 0.2) is 0 Å². The van der Waals surface area contributed by atoms with Crippen molar-refractivity contribution < 1.29 is 28.2 Å². The molecular formula is C14H21F2NO4. The summed E-state index contributed by atoms with van der Waals surface area (Å²) in [4.78, 5) is 24.6. The van der Waals surface area contributed by atoms with Crippen molar-refractivity contribution >= 4 is 12.1 Å². The van der Waals surface area contributed by atoms with Crippen molar-refractivity contribution in [3.05, 3.63) is 0 Å². The van der Waals surface area contributed by atoms with Gasteiger partial charge in [-0.2, -0.15) is 0 Å². The van der Waals surface area contributed by atoms with Crippen LogP contribution in [0.2, 0.25) is 0 Å². The van der Waals surface area contributed by atoms with Gasteiger partial charge in [-0.1, -0.05) is 0 Å². The fourth-order valence-electron chi connectivity index (χ4n) is 3.04.